The molecule has 0 amide bonds. The number of hydrogen-bond acceptors (Lipinski definition) is 3. The zero-order valence-electron chi connectivity index (χ0n) is 9.69. The molecule has 0 fully saturated rings. The third-order valence-corrected chi connectivity index (χ3v) is 3.91. The van der Waals surface area contributed by atoms with E-state index in [0.717, 1.165) is 24.3 Å². The van der Waals surface area contributed by atoms with E-state index < -0.39 is 0 Å². The normalized spacial score (nSPS) is 10.5. The van der Waals surface area contributed by atoms with Crippen molar-refractivity contribution in [3.63, 3.8) is 0 Å². The van der Waals surface area contributed by atoms with Gasteiger partial charge in [0.2, 0.25) is 0 Å². The van der Waals surface area contributed by atoms with Gasteiger partial charge in [-0.05, 0) is 30.0 Å². The predicted molar refractivity (Wildman–Crippen MR) is 77.2 cm³/mol. The average Bonchev–Trinajstić information content (AvgIpc) is 2.79. The molecule has 0 saturated heterocycles. The van der Waals surface area contributed by atoms with Gasteiger partial charge in [0.05, 0.1) is 16.4 Å². The number of nitrogen functional groups attached to an aromatic ring is 1. The van der Waals surface area contributed by atoms with E-state index in [0.29, 0.717) is 5.02 Å². The molecule has 0 spiro atoms. The van der Waals surface area contributed by atoms with Gasteiger partial charge in [-0.25, -0.2) is 0 Å². The van der Waals surface area contributed by atoms with Gasteiger partial charge >= 0.3 is 0 Å². The van der Waals surface area contributed by atoms with Gasteiger partial charge in [-0.2, -0.15) is 0 Å². The number of hydrogen-bond donors (Lipinski definition) is 1. The summed E-state index contributed by atoms with van der Waals surface area (Å²) in [6, 6.07) is 9.84. The maximum absolute atomic E-state index is 6.17. The Balaban J connectivity index is 2.07. The highest BCUT2D eigenvalue weighted by atomic mass is 35.5. The van der Waals surface area contributed by atoms with E-state index in [1.807, 2.05) is 25.2 Å². The fraction of sp³-hybridized carbons (Fsp3) is 0.231. The third kappa shape index (κ3) is 2.93. The van der Waals surface area contributed by atoms with Crippen LogP contribution in [0.5, 0.6) is 0 Å². The summed E-state index contributed by atoms with van der Waals surface area (Å²) in [5.41, 5.74) is 7.60. The Kier molecular flexibility index (Phi) is 3.92. The van der Waals surface area contributed by atoms with Gasteiger partial charge in [0.25, 0.3) is 0 Å². The lowest BCUT2D eigenvalue weighted by Gasteiger charge is -2.22. The van der Waals surface area contributed by atoms with Crippen molar-refractivity contribution < 1.29 is 0 Å². The number of nitrogens with zero attached hydrogens (tertiary/aromatic N) is 1. The first kappa shape index (κ1) is 12.3. The molecule has 0 aliphatic heterocycles. The molecule has 2 nitrogen and oxygen atoms in total. The molecule has 0 radical (unpaired) electrons. The van der Waals surface area contributed by atoms with Crippen LogP contribution in [0.4, 0.5) is 11.4 Å². The van der Waals surface area contributed by atoms with E-state index in [1.54, 1.807) is 11.3 Å². The van der Waals surface area contributed by atoms with Gasteiger partial charge < -0.3 is 10.6 Å². The Morgan fingerprint density at radius 2 is 2.12 bits per heavy atom. The summed E-state index contributed by atoms with van der Waals surface area (Å²) in [5, 5.41) is 2.80. The standard InChI is InChI=1S/C13H15ClN2S/c1-16(8-7-10-4-3-9-17-10)13-11(14)5-2-6-12(13)15/h2-6,9H,7-8,15H2,1H3. The maximum Gasteiger partial charge on any atom is 0.0786 e. The molecule has 2 aromatic rings. The van der Waals surface area contributed by atoms with Crippen LogP contribution in [-0.4, -0.2) is 13.6 Å². The topological polar surface area (TPSA) is 29.3 Å². The molecular weight excluding hydrogens is 252 g/mol. The van der Waals surface area contributed by atoms with Crippen molar-refractivity contribution in [3.8, 4) is 0 Å². The molecule has 0 saturated carbocycles. The Hall–Kier alpha value is -1.19. The lowest BCUT2D eigenvalue weighted by atomic mass is 10.2. The van der Waals surface area contributed by atoms with Crippen molar-refractivity contribution in [1.82, 2.24) is 0 Å². The lowest BCUT2D eigenvalue weighted by Crippen LogP contribution is -2.21. The molecule has 0 aliphatic rings. The molecule has 0 bridgehead atoms. The van der Waals surface area contributed by atoms with Crippen molar-refractivity contribution >= 4 is 34.3 Å². The summed E-state index contributed by atoms with van der Waals surface area (Å²) in [7, 11) is 2.02. The van der Waals surface area contributed by atoms with E-state index in [9.17, 15) is 0 Å². The summed E-state index contributed by atoms with van der Waals surface area (Å²) < 4.78 is 0. The van der Waals surface area contributed by atoms with Gasteiger partial charge in [0, 0.05) is 18.5 Å². The molecule has 90 valence electrons. The first-order valence-corrected chi connectivity index (χ1v) is 6.72. The van der Waals surface area contributed by atoms with Crippen molar-refractivity contribution in [2.75, 3.05) is 24.2 Å². The van der Waals surface area contributed by atoms with Gasteiger partial charge in [-0.1, -0.05) is 23.7 Å². The predicted octanol–water partition coefficient (Wildman–Crippen LogP) is 3.66. The van der Waals surface area contributed by atoms with Crippen LogP contribution in [0, 0.1) is 0 Å². The second kappa shape index (κ2) is 5.43. The van der Waals surface area contributed by atoms with Crippen molar-refractivity contribution in [2.45, 2.75) is 6.42 Å². The van der Waals surface area contributed by atoms with Crippen LogP contribution < -0.4 is 10.6 Å². The minimum atomic E-state index is 0.707. The largest absolute Gasteiger partial charge is 0.397 e. The minimum absolute atomic E-state index is 0.707. The van der Waals surface area contributed by atoms with Crippen LogP contribution in [0.1, 0.15) is 4.88 Å². The number of thiophene rings is 1. The van der Waals surface area contributed by atoms with Gasteiger partial charge in [0.1, 0.15) is 0 Å². The van der Waals surface area contributed by atoms with Gasteiger partial charge in [-0.15, -0.1) is 11.3 Å². The highest BCUT2D eigenvalue weighted by molar-refractivity contribution is 7.09. The first-order valence-electron chi connectivity index (χ1n) is 5.46. The van der Waals surface area contributed by atoms with Crippen molar-refractivity contribution in [1.29, 1.82) is 0 Å². The van der Waals surface area contributed by atoms with Crippen molar-refractivity contribution in [3.05, 3.63) is 45.6 Å². The summed E-state index contributed by atoms with van der Waals surface area (Å²) in [6.07, 6.45) is 1.01. The molecule has 0 unspecified atom stereocenters. The Bertz CT molecular complexity index is 462. The lowest BCUT2D eigenvalue weighted by molar-refractivity contribution is 0.889. The highest BCUT2D eigenvalue weighted by Crippen LogP contribution is 2.31. The van der Waals surface area contributed by atoms with Crippen LogP contribution >= 0.6 is 22.9 Å². The fourth-order valence-corrected chi connectivity index (χ4v) is 2.80. The molecule has 1 aromatic carbocycles. The van der Waals surface area contributed by atoms with Crippen LogP contribution in [0.15, 0.2) is 35.7 Å². The third-order valence-electron chi connectivity index (χ3n) is 2.67. The van der Waals surface area contributed by atoms with E-state index in [4.69, 9.17) is 17.3 Å². The second-order valence-electron chi connectivity index (χ2n) is 3.93. The zero-order valence-corrected chi connectivity index (χ0v) is 11.3. The Labute approximate surface area is 111 Å². The fourth-order valence-electron chi connectivity index (χ4n) is 1.78. The number of benzene rings is 1. The smallest absolute Gasteiger partial charge is 0.0786 e. The van der Waals surface area contributed by atoms with E-state index in [2.05, 4.69) is 22.4 Å². The number of para-hydroxylation sites is 1. The molecule has 4 heteroatoms. The van der Waals surface area contributed by atoms with E-state index in [-0.39, 0.29) is 0 Å². The van der Waals surface area contributed by atoms with Crippen LogP contribution in [0.3, 0.4) is 0 Å². The van der Waals surface area contributed by atoms with E-state index >= 15 is 0 Å². The first-order chi connectivity index (χ1) is 8.18. The molecular formula is C13H15ClN2S. The highest BCUT2D eigenvalue weighted by Gasteiger charge is 2.09. The van der Waals surface area contributed by atoms with Crippen LogP contribution in [0.2, 0.25) is 5.02 Å². The summed E-state index contributed by atoms with van der Waals surface area (Å²) in [5.74, 6) is 0. The molecule has 0 atom stereocenters. The average molecular weight is 267 g/mol. The zero-order chi connectivity index (χ0) is 12.3. The molecule has 1 heterocycles. The Morgan fingerprint density at radius 1 is 1.29 bits per heavy atom. The number of likely N-dealkylation sites (N-methyl/N-ethyl adjacent to an activating group) is 1. The SMILES string of the molecule is CN(CCc1cccs1)c1c(N)cccc1Cl. The number of rotatable bonds is 4. The molecule has 2 rings (SSSR count). The van der Waals surface area contributed by atoms with Crippen LogP contribution in [0.25, 0.3) is 0 Å². The second-order valence-corrected chi connectivity index (χ2v) is 5.37. The molecule has 17 heavy (non-hydrogen) atoms. The number of halogens is 1. The monoisotopic (exact) mass is 266 g/mol. The summed E-state index contributed by atoms with van der Waals surface area (Å²) in [6.45, 7) is 0.911. The molecule has 1 aromatic heterocycles. The maximum atomic E-state index is 6.17. The summed E-state index contributed by atoms with van der Waals surface area (Å²) in [4.78, 5) is 3.49. The minimum Gasteiger partial charge on any atom is -0.397 e. The van der Waals surface area contributed by atoms with Gasteiger partial charge in [0.15, 0.2) is 0 Å². The van der Waals surface area contributed by atoms with Gasteiger partial charge in [-0.3, -0.25) is 0 Å². The number of anilines is 2. The van der Waals surface area contributed by atoms with Crippen LogP contribution in [-0.2, 0) is 6.42 Å². The Morgan fingerprint density at radius 3 is 2.76 bits per heavy atom. The van der Waals surface area contributed by atoms with E-state index in [1.165, 1.54) is 4.88 Å². The summed E-state index contributed by atoms with van der Waals surface area (Å²) >= 11 is 7.94. The number of nitrogens with two attached hydrogens (primary N) is 1. The molecule has 0 aliphatic carbocycles. The van der Waals surface area contributed by atoms with Crippen molar-refractivity contribution in [2.24, 2.45) is 0 Å². The quantitative estimate of drug-likeness (QED) is 0.856. The molecule has 2 N–H and O–H groups in total.